The molecule has 9 rings (SSSR count). The first-order chi connectivity index (χ1) is 24.8. The fraction of sp³-hybridized carbons (Fsp3) is 0. The van der Waals surface area contributed by atoms with E-state index in [-0.39, 0.29) is 0 Å². The van der Waals surface area contributed by atoms with Crippen molar-refractivity contribution in [3.63, 3.8) is 0 Å². The van der Waals surface area contributed by atoms with Crippen LogP contribution in [0.3, 0.4) is 0 Å². The minimum Gasteiger partial charge on any atom is -0.255 e. The quantitative estimate of drug-likeness (QED) is 0.169. The molecule has 0 saturated carbocycles. The summed E-state index contributed by atoms with van der Waals surface area (Å²) < 4.78 is 0. The molecule has 5 heteroatoms. The zero-order valence-corrected chi connectivity index (χ0v) is 27.0. The maximum absolute atomic E-state index is 5.17. The highest BCUT2D eigenvalue weighted by Gasteiger charge is 2.14. The standard InChI is InChI=1S/C45H29N5/c1-2-10-32(11-3-1)37-28-41(48-39-25-24-33-12-4-5-13-36(33)44(37)39)34-20-16-30(17-21-34)31-18-22-35(23-19-31)42-29-43(38-14-6-8-26-46-38)50-45(49-42)40-15-7-9-27-47-40/h1-29H. The number of hydrogen-bond donors (Lipinski definition) is 0. The topological polar surface area (TPSA) is 64.5 Å². The van der Waals surface area contributed by atoms with Crippen molar-refractivity contribution >= 4 is 21.7 Å². The monoisotopic (exact) mass is 639 g/mol. The molecule has 0 atom stereocenters. The van der Waals surface area contributed by atoms with Gasteiger partial charge >= 0.3 is 0 Å². The average Bonchev–Trinajstić information content (AvgIpc) is 3.21. The number of hydrogen-bond acceptors (Lipinski definition) is 5. The van der Waals surface area contributed by atoms with Crippen molar-refractivity contribution in [3.8, 4) is 67.7 Å². The van der Waals surface area contributed by atoms with E-state index in [1.54, 1.807) is 12.4 Å². The summed E-state index contributed by atoms with van der Waals surface area (Å²) in [7, 11) is 0. The lowest BCUT2D eigenvalue weighted by Gasteiger charge is -2.13. The van der Waals surface area contributed by atoms with Crippen LogP contribution in [-0.4, -0.2) is 24.9 Å². The SMILES string of the molecule is c1ccc(-c2cc(-c3ccc(-c4ccc(-c5cc(-c6ccccn6)nc(-c6ccccn6)n5)cc4)cc3)nc3ccc4ccccc4c23)cc1. The largest absolute Gasteiger partial charge is 0.255 e. The predicted octanol–water partition coefficient (Wildman–Crippen LogP) is 11.0. The summed E-state index contributed by atoms with van der Waals surface area (Å²) in [5.74, 6) is 0.564. The molecule has 0 unspecified atom stereocenters. The van der Waals surface area contributed by atoms with E-state index in [2.05, 4.69) is 131 Å². The summed E-state index contributed by atoms with van der Waals surface area (Å²) in [5.41, 5.74) is 11.7. The second-order valence-corrected chi connectivity index (χ2v) is 12.1. The first-order valence-electron chi connectivity index (χ1n) is 16.6. The molecule has 0 fully saturated rings. The van der Waals surface area contributed by atoms with E-state index in [0.717, 1.165) is 50.5 Å². The predicted molar refractivity (Wildman–Crippen MR) is 203 cm³/mol. The molecule has 0 aliphatic carbocycles. The number of benzene rings is 5. The van der Waals surface area contributed by atoms with Gasteiger partial charge < -0.3 is 0 Å². The van der Waals surface area contributed by atoms with E-state index < -0.39 is 0 Å². The molecule has 50 heavy (non-hydrogen) atoms. The van der Waals surface area contributed by atoms with Crippen LogP contribution in [0.2, 0.25) is 0 Å². The zero-order valence-electron chi connectivity index (χ0n) is 27.0. The Morgan fingerprint density at radius 3 is 1.60 bits per heavy atom. The first-order valence-corrected chi connectivity index (χ1v) is 16.6. The third-order valence-corrected chi connectivity index (χ3v) is 9.03. The van der Waals surface area contributed by atoms with E-state index >= 15 is 0 Å². The second-order valence-electron chi connectivity index (χ2n) is 12.1. The fourth-order valence-electron chi connectivity index (χ4n) is 6.52. The Labute approximate surface area is 289 Å². The van der Waals surface area contributed by atoms with Crippen LogP contribution in [0.15, 0.2) is 176 Å². The van der Waals surface area contributed by atoms with Gasteiger partial charge in [0.15, 0.2) is 5.82 Å². The molecule has 0 saturated heterocycles. The number of pyridine rings is 3. The van der Waals surface area contributed by atoms with Crippen molar-refractivity contribution in [1.29, 1.82) is 0 Å². The summed E-state index contributed by atoms with van der Waals surface area (Å²) in [4.78, 5) is 23.9. The van der Waals surface area contributed by atoms with Crippen molar-refractivity contribution in [2.24, 2.45) is 0 Å². The van der Waals surface area contributed by atoms with Crippen molar-refractivity contribution < 1.29 is 0 Å². The highest BCUT2D eigenvalue weighted by Crippen LogP contribution is 2.37. The maximum atomic E-state index is 5.17. The molecule has 4 aromatic heterocycles. The van der Waals surface area contributed by atoms with Gasteiger partial charge in [0.25, 0.3) is 0 Å². The Morgan fingerprint density at radius 1 is 0.340 bits per heavy atom. The van der Waals surface area contributed by atoms with Crippen LogP contribution in [0, 0.1) is 0 Å². The minimum absolute atomic E-state index is 0.564. The Balaban J connectivity index is 1.06. The van der Waals surface area contributed by atoms with Gasteiger partial charge in [-0.05, 0) is 75.5 Å². The van der Waals surface area contributed by atoms with E-state index in [1.807, 2.05) is 42.5 Å². The number of nitrogens with zero attached hydrogens (tertiary/aromatic N) is 5. The number of rotatable bonds is 6. The second kappa shape index (κ2) is 12.6. The molecule has 0 aliphatic rings. The van der Waals surface area contributed by atoms with Crippen LogP contribution in [0.25, 0.3) is 89.4 Å². The third kappa shape index (κ3) is 5.57. The molecule has 0 N–H and O–H groups in total. The summed E-state index contributed by atoms with van der Waals surface area (Å²) >= 11 is 0. The molecule has 0 bridgehead atoms. The first kappa shape index (κ1) is 29.3. The Bertz CT molecular complexity index is 2550. The highest BCUT2D eigenvalue weighted by atomic mass is 14.9. The Kier molecular flexibility index (Phi) is 7.41. The molecule has 234 valence electrons. The summed E-state index contributed by atoms with van der Waals surface area (Å²) in [6, 6.07) is 56.4. The minimum atomic E-state index is 0.564. The van der Waals surface area contributed by atoms with Gasteiger partial charge in [-0.25, -0.2) is 15.0 Å². The average molecular weight is 640 g/mol. The lowest BCUT2D eigenvalue weighted by molar-refractivity contribution is 1.13. The van der Waals surface area contributed by atoms with Crippen LogP contribution in [0.1, 0.15) is 0 Å². The van der Waals surface area contributed by atoms with Gasteiger partial charge in [0.2, 0.25) is 0 Å². The highest BCUT2D eigenvalue weighted by molar-refractivity contribution is 6.13. The van der Waals surface area contributed by atoms with Crippen LogP contribution in [-0.2, 0) is 0 Å². The molecule has 4 heterocycles. The van der Waals surface area contributed by atoms with E-state index in [1.165, 1.54) is 27.3 Å². The van der Waals surface area contributed by atoms with Gasteiger partial charge in [-0.2, -0.15) is 0 Å². The molecule has 9 aromatic rings. The molecule has 0 radical (unpaired) electrons. The van der Waals surface area contributed by atoms with Gasteiger partial charge in [-0.15, -0.1) is 0 Å². The van der Waals surface area contributed by atoms with Crippen molar-refractivity contribution in [2.45, 2.75) is 0 Å². The van der Waals surface area contributed by atoms with Gasteiger partial charge in [-0.1, -0.05) is 121 Å². The van der Waals surface area contributed by atoms with Crippen LogP contribution in [0.5, 0.6) is 0 Å². The summed E-state index contributed by atoms with van der Waals surface area (Å²) in [5, 5.41) is 3.60. The normalized spacial score (nSPS) is 11.2. The van der Waals surface area contributed by atoms with E-state index in [9.17, 15) is 0 Å². The molecule has 5 nitrogen and oxygen atoms in total. The van der Waals surface area contributed by atoms with E-state index in [0.29, 0.717) is 11.5 Å². The summed E-state index contributed by atoms with van der Waals surface area (Å²) in [6.45, 7) is 0. The molecule has 0 aliphatic heterocycles. The van der Waals surface area contributed by atoms with Crippen LogP contribution >= 0.6 is 0 Å². The van der Waals surface area contributed by atoms with Gasteiger partial charge in [0.1, 0.15) is 5.69 Å². The molecule has 0 spiro atoms. The maximum Gasteiger partial charge on any atom is 0.179 e. The lowest BCUT2D eigenvalue weighted by Crippen LogP contribution is -1.97. The Morgan fingerprint density at radius 2 is 0.920 bits per heavy atom. The van der Waals surface area contributed by atoms with Gasteiger partial charge in [0.05, 0.1) is 28.3 Å². The molecule has 5 aromatic carbocycles. The Hall–Kier alpha value is -6.85. The molecular formula is C45H29N5. The van der Waals surface area contributed by atoms with Crippen molar-refractivity contribution in [1.82, 2.24) is 24.9 Å². The molecular weight excluding hydrogens is 611 g/mol. The van der Waals surface area contributed by atoms with Gasteiger partial charge in [-0.3, -0.25) is 9.97 Å². The number of fused-ring (bicyclic) bond motifs is 3. The van der Waals surface area contributed by atoms with Gasteiger partial charge in [0, 0.05) is 28.9 Å². The zero-order chi connectivity index (χ0) is 33.3. The van der Waals surface area contributed by atoms with Crippen molar-refractivity contribution in [2.75, 3.05) is 0 Å². The smallest absolute Gasteiger partial charge is 0.179 e. The third-order valence-electron chi connectivity index (χ3n) is 9.03. The summed E-state index contributed by atoms with van der Waals surface area (Å²) in [6.07, 6.45) is 3.53. The van der Waals surface area contributed by atoms with E-state index in [4.69, 9.17) is 15.0 Å². The van der Waals surface area contributed by atoms with Crippen LogP contribution in [0.4, 0.5) is 0 Å². The lowest BCUT2D eigenvalue weighted by atomic mass is 9.94. The molecule has 0 amide bonds. The fourth-order valence-corrected chi connectivity index (χ4v) is 6.52. The van der Waals surface area contributed by atoms with Crippen LogP contribution < -0.4 is 0 Å². The van der Waals surface area contributed by atoms with Crippen molar-refractivity contribution in [3.05, 3.63) is 176 Å². The number of aromatic nitrogens is 5.